The van der Waals surface area contributed by atoms with Crippen LogP contribution in [0.3, 0.4) is 0 Å². The van der Waals surface area contributed by atoms with Crippen molar-refractivity contribution in [2.45, 2.75) is 44.8 Å². The van der Waals surface area contributed by atoms with E-state index < -0.39 is 0 Å². The van der Waals surface area contributed by atoms with Gasteiger partial charge in [0.2, 0.25) is 0 Å². The van der Waals surface area contributed by atoms with Gasteiger partial charge in [0.15, 0.2) is 17.5 Å². The van der Waals surface area contributed by atoms with Crippen LogP contribution in [-0.2, 0) is 13.1 Å². The molecule has 9 heteroatoms. The zero-order valence-electron chi connectivity index (χ0n) is 17.9. The van der Waals surface area contributed by atoms with Crippen LogP contribution in [0.25, 0.3) is 0 Å². The van der Waals surface area contributed by atoms with Crippen molar-refractivity contribution in [2.24, 2.45) is 4.99 Å². The molecule has 1 fully saturated rings. The van der Waals surface area contributed by atoms with E-state index in [2.05, 4.69) is 30.7 Å². The molecule has 1 aliphatic heterocycles. The molecule has 0 unspecified atom stereocenters. The first-order valence-corrected chi connectivity index (χ1v) is 10.5. The van der Waals surface area contributed by atoms with E-state index in [-0.39, 0.29) is 5.82 Å². The monoisotopic (exact) mass is 417 g/mol. The Morgan fingerprint density at radius 2 is 2.00 bits per heavy atom. The number of benzene rings is 1. The van der Waals surface area contributed by atoms with Crippen LogP contribution in [0.5, 0.6) is 5.75 Å². The lowest BCUT2D eigenvalue weighted by Gasteiger charge is -2.33. The number of aryl methyl sites for hydroxylation is 1. The van der Waals surface area contributed by atoms with E-state index in [4.69, 9.17) is 4.74 Å². The number of methoxy groups -OCH3 is 1. The summed E-state index contributed by atoms with van der Waals surface area (Å²) in [6.07, 6.45) is 7.67. The van der Waals surface area contributed by atoms with E-state index in [1.54, 1.807) is 31.8 Å². The Labute approximate surface area is 177 Å². The average Bonchev–Trinajstić information content (AvgIpc) is 3.27. The van der Waals surface area contributed by atoms with Gasteiger partial charge in [-0.1, -0.05) is 6.07 Å². The highest BCUT2D eigenvalue weighted by molar-refractivity contribution is 5.79. The molecule has 0 spiro atoms. The number of guanidine groups is 1. The lowest BCUT2D eigenvalue weighted by Crippen LogP contribution is -2.48. The zero-order valence-corrected chi connectivity index (χ0v) is 17.9. The summed E-state index contributed by atoms with van der Waals surface area (Å²) in [5.74, 6) is 0.845. The van der Waals surface area contributed by atoms with Crippen LogP contribution in [0.2, 0.25) is 0 Å². The van der Waals surface area contributed by atoms with Gasteiger partial charge in [0.05, 0.1) is 7.11 Å². The minimum absolute atomic E-state index is 0.291. The third-order valence-corrected chi connectivity index (χ3v) is 5.38. The molecule has 2 N–H and O–H groups in total. The number of hydrogen-bond donors (Lipinski definition) is 2. The lowest BCUT2D eigenvalue weighted by molar-refractivity contribution is 0.198. The van der Waals surface area contributed by atoms with Crippen LogP contribution in [0.15, 0.2) is 35.8 Å². The van der Waals surface area contributed by atoms with Crippen LogP contribution in [0, 0.1) is 5.82 Å². The highest BCUT2D eigenvalue weighted by atomic mass is 19.1. The molecule has 1 aliphatic rings. The van der Waals surface area contributed by atoms with Crippen molar-refractivity contribution in [3.8, 4) is 5.75 Å². The van der Waals surface area contributed by atoms with Gasteiger partial charge in [0.25, 0.3) is 0 Å². The highest BCUT2D eigenvalue weighted by Crippen LogP contribution is 2.20. The number of ether oxygens (including phenoxy) is 1. The molecule has 2 heterocycles. The number of hydrogen-bond acceptors (Lipinski definition) is 5. The van der Waals surface area contributed by atoms with Crippen LogP contribution < -0.4 is 15.4 Å². The SMILES string of the molecule is CN=C(NCCCCn1cnnc1)NC1CCN(Cc2ccc(OC)c(F)c2)CC1. The van der Waals surface area contributed by atoms with Gasteiger partial charge in [-0.25, -0.2) is 4.39 Å². The third-order valence-electron chi connectivity index (χ3n) is 5.38. The van der Waals surface area contributed by atoms with Gasteiger partial charge in [-0.3, -0.25) is 9.89 Å². The minimum atomic E-state index is -0.303. The molecule has 2 aromatic rings. The Bertz CT molecular complexity index is 789. The summed E-state index contributed by atoms with van der Waals surface area (Å²) in [6.45, 7) is 4.51. The van der Waals surface area contributed by atoms with Gasteiger partial charge < -0.3 is 19.9 Å². The van der Waals surface area contributed by atoms with Crippen molar-refractivity contribution >= 4 is 5.96 Å². The van der Waals surface area contributed by atoms with E-state index in [0.29, 0.717) is 11.8 Å². The maximum absolute atomic E-state index is 13.9. The Kier molecular flexibility index (Phi) is 8.43. The lowest BCUT2D eigenvalue weighted by atomic mass is 10.0. The van der Waals surface area contributed by atoms with Crippen molar-refractivity contribution in [3.63, 3.8) is 0 Å². The number of nitrogens with one attached hydrogen (secondary N) is 2. The first-order chi connectivity index (χ1) is 14.7. The van der Waals surface area contributed by atoms with Gasteiger partial charge in [0, 0.05) is 45.8 Å². The van der Waals surface area contributed by atoms with Crippen molar-refractivity contribution in [2.75, 3.05) is 33.8 Å². The smallest absolute Gasteiger partial charge is 0.191 e. The predicted octanol–water partition coefficient (Wildman–Crippen LogP) is 2.04. The fraction of sp³-hybridized carbons (Fsp3) is 0.571. The van der Waals surface area contributed by atoms with E-state index in [1.807, 2.05) is 10.6 Å². The number of likely N-dealkylation sites (tertiary alicyclic amines) is 1. The maximum Gasteiger partial charge on any atom is 0.191 e. The first kappa shape index (κ1) is 22.0. The van der Waals surface area contributed by atoms with Crippen LogP contribution in [-0.4, -0.2) is 65.5 Å². The van der Waals surface area contributed by atoms with E-state index in [9.17, 15) is 4.39 Å². The van der Waals surface area contributed by atoms with E-state index >= 15 is 0 Å². The molecule has 30 heavy (non-hydrogen) atoms. The van der Waals surface area contributed by atoms with Crippen LogP contribution >= 0.6 is 0 Å². The first-order valence-electron chi connectivity index (χ1n) is 10.5. The molecule has 3 rings (SSSR count). The number of unbranched alkanes of at least 4 members (excludes halogenated alkanes) is 1. The molecule has 8 nitrogen and oxygen atoms in total. The number of rotatable bonds is 9. The fourth-order valence-corrected chi connectivity index (χ4v) is 3.65. The quantitative estimate of drug-likeness (QED) is 0.369. The van der Waals surface area contributed by atoms with Gasteiger partial charge in [-0.05, 0) is 43.4 Å². The largest absolute Gasteiger partial charge is 0.494 e. The molecule has 0 bridgehead atoms. The third kappa shape index (κ3) is 6.69. The van der Waals surface area contributed by atoms with E-state index in [0.717, 1.165) is 69.9 Å². The van der Waals surface area contributed by atoms with Gasteiger partial charge >= 0.3 is 0 Å². The highest BCUT2D eigenvalue weighted by Gasteiger charge is 2.20. The maximum atomic E-state index is 13.9. The van der Waals surface area contributed by atoms with E-state index in [1.165, 1.54) is 7.11 Å². The molecular formula is C21H32FN7O. The number of piperidine rings is 1. The molecular weight excluding hydrogens is 385 g/mol. The predicted molar refractivity (Wildman–Crippen MR) is 115 cm³/mol. The zero-order chi connectivity index (χ0) is 21.2. The molecule has 0 saturated carbocycles. The Morgan fingerprint density at radius 1 is 1.23 bits per heavy atom. The summed E-state index contributed by atoms with van der Waals surface area (Å²) >= 11 is 0. The Balaban J connectivity index is 1.33. The fourth-order valence-electron chi connectivity index (χ4n) is 3.65. The summed E-state index contributed by atoms with van der Waals surface area (Å²) in [7, 11) is 3.29. The van der Waals surface area contributed by atoms with Crippen LogP contribution in [0.1, 0.15) is 31.2 Å². The van der Waals surface area contributed by atoms with Gasteiger partial charge in [-0.15, -0.1) is 10.2 Å². The molecule has 1 aromatic heterocycles. The number of nitrogens with zero attached hydrogens (tertiary/aromatic N) is 5. The second-order valence-electron chi connectivity index (χ2n) is 7.57. The second kappa shape index (κ2) is 11.5. The van der Waals surface area contributed by atoms with Crippen molar-refractivity contribution < 1.29 is 9.13 Å². The minimum Gasteiger partial charge on any atom is -0.494 e. The standard InChI is InChI=1S/C21H32FN7O/c1-23-21(24-9-3-4-10-29-15-25-26-16-29)27-18-7-11-28(12-8-18)14-17-5-6-20(30-2)19(22)13-17/h5-6,13,15-16,18H,3-4,7-12,14H2,1-2H3,(H2,23,24,27). The molecule has 164 valence electrons. The summed E-state index contributed by atoms with van der Waals surface area (Å²) in [4.78, 5) is 6.71. The molecule has 0 atom stereocenters. The second-order valence-corrected chi connectivity index (χ2v) is 7.57. The topological polar surface area (TPSA) is 79.6 Å². The number of halogens is 1. The summed E-state index contributed by atoms with van der Waals surface area (Å²) in [5.41, 5.74) is 0.976. The van der Waals surface area contributed by atoms with Crippen LogP contribution in [0.4, 0.5) is 4.39 Å². The summed E-state index contributed by atoms with van der Waals surface area (Å²) in [6, 6.07) is 5.60. The van der Waals surface area contributed by atoms with Crippen molar-refractivity contribution in [1.29, 1.82) is 0 Å². The Hall–Kier alpha value is -2.68. The molecule has 1 aromatic carbocycles. The molecule has 0 radical (unpaired) electrons. The molecule has 1 saturated heterocycles. The summed E-state index contributed by atoms with van der Waals surface area (Å²) in [5, 5.41) is 14.5. The average molecular weight is 418 g/mol. The van der Waals surface area contributed by atoms with Crippen molar-refractivity contribution in [1.82, 2.24) is 30.3 Å². The molecule has 0 amide bonds. The van der Waals surface area contributed by atoms with Gasteiger partial charge in [0.1, 0.15) is 12.7 Å². The Morgan fingerprint density at radius 3 is 2.67 bits per heavy atom. The normalized spacial score (nSPS) is 15.9. The number of aliphatic imine (C=N–C) groups is 1. The number of aromatic nitrogens is 3. The van der Waals surface area contributed by atoms with Gasteiger partial charge in [-0.2, -0.15) is 0 Å². The van der Waals surface area contributed by atoms with Crippen molar-refractivity contribution in [3.05, 3.63) is 42.2 Å². The summed E-state index contributed by atoms with van der Waals surface area (Å²) < 4.78 is 20.9. The molecule has 0 aliphatic carbocycles.